The van der Waals surface area contributed by atoms with Crippen LogP contribution in [-0.2, 0) is 11.2 Å². The van der Waals surface area contributed by atoms with Gasteiger partial charge in [-0.25, -0.2) is 0 Å². The number of hydrogen-bond donors (Lipinski definition) is 1. The fourth-order valence-corrected chi connectivity index (χ4v) is 3.60. The molecule has 1 saturated heterocycles. The molecule has 0 bridgehead atoms. The summed E-state index contributed by atoms with van der Waals surface area (Å²) in [6, 6.07) is 6.53. The third kappa shape index (κ3) is 3.41. The van der Waals surface area contributed by atoms with Gasteiger partial charge in [-0.2, -0.15) is 0 Å². The monoisotopic (exact) mass is 289 g/mol. The molecule has 2 aliphatic rings. The maximum atomic E-state index is 6.17. The largest absolute Gasteiger partial charge is 0.490 e. The van der Waals surface area contributed by atoms with E-state index in [0.29, 0.717) is 6.10 Å². The maximum absolute atomic E-state index is 6.17. The van der Waals surface area contributed by atoms with Crippen molar-refractivity contribution in [3.05, 3.63) is 29.3 Å². The van der Waals surface area contributed by atoms with Crippen LogP contribution in [0.1, 0.15) is 37.3 Å². The van der Waals surface area contributed by atoms with Crippen molar-refractivity contribution >= 4 is 0 Å². The molecule has 3 heteroatoms. The second-order valence-corrected chi connectivity index (χ2v) is 6.74. The summed E-state index contributed by atoms with van der Waals surface area (Å²) in [6.45, 7) is 8.27. The molecular weight excluding hydrogens is 262 g/mol. The molecule has 0 aromatic heterocycles. The van der Waals surface area contributed by atoms with Crippen LogP contribution in [0.15, 0.2) is 18.2 Å². The van der Waals surface area contributed by atoms with Gasteiger partial charge in [0.15, 0.2) is 0 Å². The van der Waals surface area contributed by atoms with Crippen LogP contribution < -0.4 is 10.1 Å². The van der Waals surface area contributed by atoms with Crippen LogP contribution in [-0.4, -0.2) is 32.4 Å². The molecular formula is C18H27NO2. The van der Waals surface area contributed by atoms with Crippen LogP contribution in [0.2, 0.25) is 0 Å². The van der Waals surface area contributed by atoms with Gasteiger partial charge in [0.2, 0.25) is 0 Å². The molecule has 1 aromatic carbocycles. The fourth-order valence-electron chi connectivity index (χ4n) is 3.60. The maximum Gasteiger partial charge on any atom is 0.123 e. The molecule has 2 aliphatic heterocycles. The Kier molecular flexibility index (Phi) is 4.51. The highest BCUT2D eigenvalue weighted by molar-refractivity contribution is 5.40. The Labute approximate surface area is 128 Å². The number of rotatable bonds is 6. The highest BCUT2D eigenvalue weighted by Crippen LogP contribution is 2.39. The normalized spacial score (nSPS) is 27.6. The van der Waals surface area contributed by atoms with Crippen molar-refractivity contribution in [3.8, 4) is 5.75 Å². The quantitative estimate of drug-likeness (QED) is 0.816. The summed E-state index contributed by atoms with van der Waals surface area (Å²) >= 11 is 0. The van der Waals surface area contributed by atoms with Gasteiger partial charge in [0.1, 0.15) is 11.9 Å². The smallest absolute Gasteiger partial charge is 0.123 e. The molecule has 0 spiro atoms. The summed E-state index contributed by atoms with van der Waals surface area (Å²) in [6.07, 6.45) is 4.79. The number of benzene rings is 1. The lowest BCUT2D eigenvalue weighted by molar-refractivity contribution is 0.102. The minimum Gasteiger partial charge on any atom is -0.490 e. The molecule has 2 atom stereocenters. The average molecular weight is 289 g/mol. The zero-order valence-corrected chi connectivity index (χ0v) is 13.3. The molecule has 0 aliphatic carbocycles. The fraction of sp³-hybridized carbons (Fsp3) is 0.667. The molecule has 1 N–H and O–H groups in total. The summed E-state index contributed by atoms with van der Waals surface area (Å²) < 4.78 is 11.9. The van der Waals surface area contributed by atoms with Gasteiger partial charge in [0.25, 0.3) is 0 Å². The SMILES string of the molecule is CCCNCC1(CC2Cc3cc(C)ccc3O2)CCOC1. The predicted molar refractivity (Wildman–Crippen MR) is 84.9 cm³/mol. The summed E-state index contributed by atoms with van der Waals surface area (Å²) in [4.78, 5) is 0. The van der Waals surface area contributed by atoms with Gasteiger partial charge in [-0.15, -0.1) is 0 Å². The van der Waals surface area contributed by atoms with Gasteiger partial charge in [-0.3, -0.25) is 0 Å². The zero-order chi connectivity index (χ0) is 14.7. The first-order chi connectivity index (χ1) is 10.2. The van der Waals surface area contributed by atoms with E-state index in [1.54, 1.807) is 0 Å². The van der Waals surface area contributed by atoms with Gasteiger partial charge in [-0.1, -0.05) is 24.6 Å². The van der Waals surface area contributed by atoms with Gasteiger partial charge in [-0.05, 0) is 44.4 Å². The second-order valence-electron chi connectivity index (χ2n) is 6.74. The van der Waals surface area contributed by atoms with Crippen molar-refractivity contribution in [2.45, 2.75) is 45.6 Å². The molecule has 1 aromatic rings. The predicted octanol–water partition coefficient (Wildman–Crippen LogP) is 3.09. The van der Waals surface area contributed by atoms with E-state index in [9.17, 15) is 0 Å². The molecule has 3 rings (SSSR count). The Hall–Kier alpha value is -1.06. The standard InChI is InChI=1S/C18H27NO2/c1-3-7-19-12-18(6-8-20-13-18)11-16-10-15-9-14(2)4-5-17(15)21-16/h4-5,9,16,19H,3,6-8,10-13H2,1-2H3. The summed E-state index contributed by atoms with van der Waals surface area (Å²) in [5, 5.41) is 3.59. The van der Waals surface area contributed by atoms with E-state index in [0.717, 1.165) is 51.3 Å². The highest BCUT2D eigenvalue weighted by Gasteiger charge is 2.39. The van der Waals surface area contributed by atoms with Crippen LogP contribution in [0.3, 0.4) is 0 Å². The van der Waals surface area contributed by atoms with E-state index in [-0.39, 0.29) is 5.41 Å². The van der Waals surface area contributed by atoms with E-state index < -0.39 is 0 Å². The molecule has 0 radical (unpaired) electrons. The summed E-state index contributed by atoms with van der Waals surface area (Å²) in [5.41, 5.74) is 2.95. The molecule has 0 amide bonds. The molecule has 0 saturated carbocycles. The van der Waals surface area contributed by atoms with Gasteiger partial charge >= 0.3 is 0 Å². The van der Waals surface area contributed by atoms with Crippen molar-refractivity contribution in [2.75, 3.05) is 26.3 Å². The van der Waals surface area contributed by atoms with Crippen LogP contribution >= 0.6 is 0 Å². The Balaban J connectivity index is 1.62. The number of ether oxygens (including phenoxy) is 2. The summed E-state index contributed by atoms with van der Waals surface area (Å²) in [7, 11) is 0. The van der Waals surface area contributed by atoms with E-state index in [2.05, 4.69) is 37.4 Å². The minimum atomic E-state index is 0.261. The Morgan fingerprint density at radius 3 is 3.05 bits per heavy atom. The Morgan fingerprint density at radius 2 is 2.29 bits per heavy atom. The molecule has 2 heterocycles. The lowest BCUT2D eigenvalue weighted by atomic mass is 9.80. The van der Waals surface area contributed by atoms with Crippen molar-refractivity contribution < 1.29 is 9.47 Å². The lowest BCUT2D eigenvalue weighted by Gasteiger charge is -2.30. The van der Waals surface area contributed by atoms with E-state index in [4.69, 9.17) is 9.47 Å². The second kappa shape index (κ2) is 6.37. The third-order valence-electron chi connectivity index (χ3n) is 4.73. The zero-order valence-electron chi connectivity index (χ0n) is 13.3. The van der Waals surface area contributed by atoms with Crippen molar-refractivity contribution in [1.82, 2.24) is 5.32 Å². The van der Waals surface area contributed by atoms with Gasteiger partial charge < -0.3 is 14.8 Å². The van der Waals surface area contributed by atoms with Crippen LogP contribution in [0, 0.1) is 12.3 Å². The van der Waals surface area contributed by atoms with Crippen molar-refractivity contribution in [2.24, 2.45) is 5.41 Å². The molecule has 116 valence electrons. The van der Waals surface area contributed by atoms with Crippen LogP contribution in [0.4, 0.5) is 0 Å². The van der Waals surface area contributed by atoms with Crippen LogP contribution in [0.25, 0.3) is 0 Å². The Bertz CT molecular complexity index is 480. The first-order valence-corrected chi connectivity index (χ1v) is 8.25. The molecule has 3 nitrogen and oxygen atoms in total. The third-order valence-corrected chi connectivity index (χ3v) is 4.73. The summed E-state index contributed by atoms with van der Waals surface area (Å²) in [5.74, 6) is 1.08. The number of aryl methyl sites for hydroxylation is 1. The number of hydrogen-bond acceptors (Lipinski definition) is 3. The first kappa shape index (κ1) is 14.9. The number of nitrogens with one attached hydrogen (secondary N) is 1. The lowest BCUT2D eigenvalue weighted by Crippen LogP contribution is -2.39. The Morgan fingerprint density at radius 1 is 1.38 bits per heavy atom. The molecule has 1 fully saturated rings. The molecule has 21 heavy (non-hydrogen) atoms. The molecule has 2 unspecified atom stereocenters. The highest BCUT2D eigenvalue weighted by atomic mass is 16.5. The first-order valence-electron chi connectivity index (χ1n) is 8.25. The van der Waals surface area contributed by atoms with Gasteiger partial charge in [0.05, 0.1) is 6.61 Å². The van der Waals surface area contributed by atoms with E-state index in [1.165, 1.54) is 17.5 Å². The topological polar surface area (TPSA) is 30.5 Å². The van der Waals surface area contributed by atoms with Crippen molar-refractivity contribution in [3.63, 3.8) is 0 Å². The van der Waals surface area contributed by atoms with Crippen LogP contribution in [0.5, 0.6) is 5.75 Å². The van der Waals surface area contributed by atoms with E-state index >= 15 is 0 Å². The van der Waals surface area contributed by atoms with Crippen molar-refractivity contribution in [1.29, 1.82) is 0 Å². The number of fused-ring (bicyclic) bond motifs is 1. The average Bonchev–Trinajstić information content (AvgIpc) is 3.06. The van der Waals surface area contributed by atoms with E-state index in [1.807, 2.05) is 0 Å². The van der Waals surface area contributed by atoms with Gasteiger partial charge in [0, 0.05) is 25.0 Å². The minimum absolute atomic E-state index is 0.261.